The van der Waals surface area contributed by atoms with Crippen molar-refractivity contribution in [3.8, 4) is 11.3 Å². The number of anilines is 1. The molecule has 2 aliphatic carbocycles. The molecule has 3 aliphatic rings. The molecule has 4 aromatic rings. The van der Waals surface area contributed by atoms with Crippen LogP contribution in [0.4, 0.5) is 5.69 Å². The van der Waals surface area contributed by atoms with Crippen LogP contribution in [-0.4, -0.2) is 35.2 Å². The van der Waals surface area contributed by atoms with Crippen LogP contribution in [0, 0.1) is 30.6 Å². The van der Waals surface area contributed by atoms with E-state index >= 15 is 0 Å². The molecule has 0 N–H and O–H groups in total. The van der Waals surface area contributed by atoms with Crippen molar-refractivity contribution >= 4 is 90.9 Å². The number of aryl methyl sites for hydroxylation is 1. The zero-order valence-electron chi connectivity index (χ0n) is 23.8. The fourth-order valence-electron chi connectivity index (χ4n) is 7.22. The van der Waals surface area contributed by atoms with Crippen molar-refractivity contribution in [2.24, 2.45) is 23.7 Å². The number of aromatic nitrogens is 1. The zero-order valence-corrected chi connectivity index (χ0v) is 27.6. The maximum Gasteiger partial charge on any atom is 0.339 e. The summed E-state index contributed by atoms with van der Waals surface area (Å²) < 4.78 is 6.04. The zero-order chi connectivity index (χ0) is 31.7. The van der Waals surface area contributed by atoms with Gasteiger partial charge in [-0.15, -0.1) is 0 Å². The van der Waals surface area contributed by atoms with Crippen LogP contribution in [0.15, 0.2) is 59.1 Å². The van der Waals surface area contributed by atoms with E-state index in [0.29, 0.717) is 59.8 Å². The number of ketones is 1. The monoisotopic (exact) mass is 724 g/mol. The summed E-state index contributed by atoms with van der Waals surface area (Å²) in [6.45, 7) is 1.26. The third-order valence-electron chi connectivity index (χ3n) is 9.36. The summed E-state index contributed by atoms with van der Waals surface area (Å²) >= 11 is 22.1. The first-order chi connectivity index (χ1) is 21.5. The number of esters is 1. The Labute approximate surface area is 281 Å². The molecule has 45 heavy (non-hydrogen) atoms. The number of nitrogens with zero attached hydrogens (tertiary/aromatic N) is 2. The minimum absolute atomic E-state index is 0.107. The highest BCUT2D eigenvalue weighted by molar-refractivity contribution is 9.10. The number of carbonyl (C=O) groups is 4. The summed E-state index contributed by atoms with van der Waals surface area (Å²) in [4.78, 5) is 59.1. The van der Waals surface area contributed by atoms with Crippen molar-refractivity contribution < 1.29 is 23.9 Å². The van der Waals surface area contributed by atoms with Crippen LogP contribution in [0.1, 0.15) is 45.5 Å². The number of Topliss-reactive ketones (excluding diaryl/α,β-unsaturated/α-hetero) is 1. The molecule has 228 valence electrons. The number of fused-ring (bicyclic) bond motifs is 6. The van der Waals surface area contributed by atoms with E-state index in [-0.39, 0.29) is 39.8 Å². The highest BCUT2D eigenvalue weighted by atomic mass is 79.9. The number of halogens is 4. The summed E-state index contributed by atoms with van der Waals surface area (Å²) in [5.74, 6) is -1.25. The summed E-state index contributed by atoms with van der Waals surface area (Å²) in [7, 11) is 0. The molecule has 4 atom stereocenters. The molecule has 0 spiro atoms. The average Bonchev–Trinajstić information content (AvgIpc) is 3.71. The minimum atomic E-state index is -0.734. The van der Waals surface area contributed by atoms with Gasteiger partial charge in [0.1, 0.15) is 0 Å². The van der Waals surface area contributed by atoms with Crippen LogP contribution in [-0.2, 0) is 14.3 Å². The number of hydrogen-bond acceptors (Lipinski definition) is 6. The Hall–Kier alpha value is -3.30. The van der Waals surface area contributed by atoms with Gasteiger partial charge in [0.25, 0.3) is 0 Å². The molecule has 7 rings (SSSR count). The van der Waals surface area contributed by atoms with E-state index < -0.39 is 18.4 Å². The van der Waals surface area contributed by atoms with Crippen molar-refractivity contribution in [2.45, 2.75) is 26.2 Å². The minimum Gasteiger partial charge on any atom is -0.454 e. The van der Waals surface area contributed by atoms with Gasteiger partial charge in [-0.3, -0.25) is 19.3 Å². The molecule has 2 saturated carbocycles. The van der Waals surface area contributed by atoms with Gasteiger partial charge in [0, 0.05) is 26.0 Å². The van der Waals surface area contributed by atoms with Gasteiger partial charge >= 0.3 is 5.97 Å². The molecule has 7 nitrogen and oxygen atoms in total. The van der Waals surface area contributed by atoms with Crippen molar-refractivity contribution in [3.63, 3.8) is 0 Å². The van der Waals surface area contributed by atoms with E-state index in [1.807, 2.05) is 0 Å². The molecule has 0 radical (unpaired) electrons. The van der Waals surface area contributed by atoms with Crippen LogP contribution in [0.5, 0.6) is 0 Å². The SMILES string of the molecule is Cc1c(Cl)c(Br)cc2c(C(=O)OCC(=O)c3ccc(Cl)cc3Cl)cc(-c3ccc(N4C(=O)C5C6CCC(C6)C5C4=O)cc3)nc12. The van der Waals surface area contributed by atoms with Gasteiger partial charge in [-0.05, 0) is 102 Å². The Morgan fingerprint density at radius 1 is 0.933 bits per heavy atom. The Balaban J connectivity index is 1.20. The standard InChI is InChI=1S/C34H24BrCl3N2O5/c1-15-30(38)24(35)12-22-23(34(44)45-14-27(41)21-9-6-19(36)11-25(21)37)13-26(39-31(15)22)16-4-7-20(8-5-16)40-32(42)28-17-2-3-18(10-17)29(28)33(40)43/h4-9,11-13,17-18,28-29H,2-3,10,14H2,1H3. The summed E-state index contributed by atoms with van der Waals surface area (Å²) in [6.07, 6.45) is 3.00. The van der Waals surface area contributed by atoms with E-state index in [9.17, 15) is 19.2 Å². The third-order valence-corrected chi connectivity index (χ3v) is 11.2. The molecular weight excluding hydrogens is 703 g/mol. The largest absolute Gasteiger partial charge is 0.454 e. The van der Waals surface area contributed by atoms with Crippen LogP contribution < -0.4 is 4.90 Å². The number of pyridine rings is 1. The van der Waals surface area contributed by atoms with Crippen molar-refractivity contribution in [3.05, 3.63) is 90.8 Å². The quantitative estimate of drug-likeness (QED) is 0.112. The fourth-order valence-corrected chi connectivity index (χ4v) is 8.41. The maximum atomic E-state index is 13.5. The maximum absolute atomic E-state index is 13.5. The van der Waals surface area contributed by atoms with Crippen molar-refractivity contribution in [1.29, 1.82) is 0 Å². The van der Waals surface area contributed by atoms with Crippen molar-refractivity contribution in [1.82, 2.24) is 4.98 Å². The van der Waals surface area contributed by atoms with Gasteiger partial charge in [-0.1, -0.05) is 46.9 Å². The fraction of sp³-hybridized carbons (Fsp3) is 0.265. The summed E-state index contributed by atoms with van der Waals surface area (Å²) in [5, 5.41) is 1.47. The van der Waals surface area contributed by atoms with E-state index in [0.717, 1.165) is 19.3 Å². The smallest absolute Gasteiger partial charge is 0.339 e. The summed E-state index contributed by atoms with van der Waals surface area (Å²) in [6, 6.07) is 14.7. The number of amides is 2. The molecule has 2 amide bonds. The Morgan fingerprint density at radius 2 is 1.60 bits per heavy atom. The van der Waals surface area contributed by atoms with Crippen molar-refractivity contribution in [2.75, 3.05) is 11.5 Å². The summed E-state index contributed by atoms with van der Waals surface area (Å²) in [5.41, 5.74) is 3.11. The second kappa shape index (κ2) is 11.5. The molecule has 1 aromatic heterocycles. The van der Waals surface area contributed by atoms with E-state index in [2.05, 4.69) is 15.9 Å². The number of ether oxygens (including phenoxy) is 1. The van der Waals surface area contributed by atoms with Crippen LogP contribution in [0.2, 0.25) is 15.1 Å². The normalized spacial score (nSPS) is 21.9. The molecule has 1 saturated heterocycles. The van der Waals surface area contributed by atoms with E-state index in [1.165, 1.54) is 23.1 Å². The number of benzene rings is 3. The molecule has 11 heteroatoms. The molecule has 3 fully saturated rings. The lowest BCUT2D eigenvalue weighted by atomic mass is 9.81. The van der Waals surface area contributed by atoms with E-state index in [4.69, 9.17) is 44.5 Å². The first kappa shape index (κ1) is 30.4. The molecule has 2 bridgehead atoms. The van der Waals surface area contributed by atoms with Gasteiger partial charge in [0.15, 0.2) is 6.61 Å². The Morgan fingerprint density at radius 3 is 2.24 bits per heavy atom. The molecule has 3 aromatic carbocycles. The lowest BCUT2D eigenvalue weighted by Crippen LogP contribution is -2.32. The van der Waals surface area contributed by atoms with Gasteiger partial charge in [-0.2, -0.15) is 0 Å². The second-order valence-electron chi connectivity index (χ2n) is 11.8. The lowest BCUT2D eigenvalue weighted by molar-refractivity contribution is -0.123. The molecule has 4 unspecified atom stereocenters. The molecule has 1 aliphatic heterocycles. The third kappa shape index (κ3) is 5.07. The highest BCUT2D eigenvalue weighted by Crippen LogP contribution is 2.56. The number of hydrogen-bond donors (Lipinski definition) is 0. The van der Waals surface area contributed by atoms with E-state index in [1.54, 1.807) is 43.3 Å². The van der Waals surface area contributed by atoms with Crippen LogP contribution in [0.25, 0.3) is 22.2 Å². The Bertz CT molecular complexity index is 1940. The molecule has 2 heterocycles. The number of rotatable bonds is 6. The van der Waals surface area contributed by atoms with Gasteiger partial charge in [-0.25, -0.2) is 9.78 Å². The Kier molecular flexibility index (Phi) is 7.76. The first-order valence-corrected chi connectivity index (χ1v) is 16.4. The van der Waals surface area contributed by atoms with Gasteiger partial charge in [0.05, 0.1) is 44.3 Å². The van der Waals surface area contributed by atoms with Crippen LogP contribution in [0.3, 0.4) is 0 Å². The predicted molar refractivity (Wildman–Crippen MR) is 176 cm³/mol. The second-order valence-corrected chi connectivity index (χ2v) is 13.9. The average molecular weight is 727 g/mol. The van der Waals surface area contributed by atoms with Crippen LogP contribution >= 0.6 is 50.7 Å². The van der Waals surface area contributed by atoms with Gasteiger partial charge < -0.3 is 4.74 Å². The lowest BCUT2D eigenvalue weighted by Gasteiger charge is -2.19. The van der Waals surface area contributed by atoms with Gasteiger partial charge in [0.2, 0.25) is 17.6 Å². The topological polar surface area (TPSA) is 93.6 Å². The number of imide groups is 1. The first-order valence-electron chi connectivity index (χ1n) is 14.5. The predicted octanol–water partition coefficient (Wildman–Crippen LogP) is 8.51. The molecular formula is C34H24BrCl3N2O5. The number of carbonyl (C=O) groups excluding carboxylic acids is 4. The highest BCUT2D eigenvalue weighted by Gasteiger charge is 2.61.